The summed E-state index contributed by atoms with van der Waals surface area (Å²) in [7, 11) is 0. The van der Waals surface area contributed by atoms with Crippen molar-refractivity contribution >= 4 is 41.2 Å². The molecule has 0 aliphatic carbocycles. The number of hydrogen-bond acceptors (Lipinski definition) is 5. The highest BCUT2D eigenvalue weighted by atomic mass is 35.5. The highest BCUT2D eigenvalue weighted by Crippen LogP contribution is 2.29. The zero-order chi connectivity index (χ0) is 27.7. The van der Waals surface area contributed by atoms with Gasteiger partial charge in [-0.3, -0.25) is 9.59 Å². The minimum atomic E-state index is -0.814. The normalized spacial score (nSPS) is 11.9. The Morgan fingerprint density at radius 2 is 1.68 bits per heavy atom. The summed E-state index contributed by atoms with van der Waals surface area (Å²) in [5, 5.41) is 7.40. The van der Waals surface area contributed by atoms with E-state index in [1.165, 1.54) is 23.9 Å². The first-order valence-electron chi connectivity index (χ1n) is 12.2. The number of amides is 2. The van der Waals surface area contributed by atoms with Gasteiger partial charge in [0.2, 0.25) is 0 Å². The Morgan fingerprint density at radius 1 is 0.947 bits per heavy atom. The zero-order valence-corrected chi connectivity index (χ0v) is 23.3. The van der Waals surface area contributed by atoms with Crippen molar-refractivity contribution in [2.24, 2.45) is 11.0 Å². The van der Waals surface area contributed by atoms with Crippen LogP contribution < -0.4 is 20.2 Å². The molecule has 0 fully saturated rings. The van der Waals surface area contributed by atoms with Gasteiger partial charge in [0.1, 0.15) is 12.6 Å². The van der Waals surface area contributed by atoms with Gasteiger partial charge in [0.25, 0.3) is 11.8 Å². The Morgan fingerprint density at radius 3 is 2.34 bits per heavy atom. The third kappa shape index (κ3) is 8.23. The summed E-state index contributed by atoms with van der Waals surface area (Å²) in [6.45, 7) is 8.46. The maximum atomic E-state index is 12.8. The summed E-state index contributed by atoms with van der Waals surface area (Å²) in [5.74, 6) is 0.102. The standard InChI is InChI=1S/C29H31Cl2N3O4/c1-5-37-26-14-21(10-13-25(26)38-17-20-8-6-19(4)7-9-20)16-32-34-29(36)27(18(2)3)33-28(35)22-11-12-23(30)24(31)15-22/h6-16,18,27H,5,17H2,1-4H3,(H,33,35)(H,34,36). The smallest absolute Gasteiger partial charge is 0.262 e. The molecule has 3 aromatic carbocycles. The van der Waals surface area contributed by atoms with E-state index in [-0.39, 0.29) is 10.9 Å². The van der Waals surface area contributed by atoms with E-state index in [0.717, 1.165) is 5.56 Å². The first kappa shape index (κ1) is 29.0. The van der Waals surface area contributed by atoms with Crippen LogP contribution in [0.25, 0.3) is 0 Å². The topological polar surface area (TPSA) is 89.0 Å². The lowest BCUT2D eigenvalue weighted by Gasteiger charge is -2.20. The molecule has 0 heterocycles. The Balaban J connectivity index is 1.63. The molecule has 0 spiro atoms. The van der Waals surface area contributed by atoms with Gasteiger partial charge in [-0.25, -0.2) is 5.43 Å². The molecule has 7 nitrogen and oxygen atoms in total. The average Bonchev–Trinajstić information content (AvgIpc) is 2.89. The molecular formula is C29H31Cl2N3O4. The maximum Gasteiger partial charge on any atom is 0.262 e. The first-order chi connectivity index (χ1) is 18.2. The molecule has 1 atom stereocenters. The van der Waals surface area contributed by atoms with Crippen molar-refractivity contribution in [3.63, 3.8) is 0 Å². The van der Waals surface area contributed by atoms with Gasteiger partial charge < -0.3 is 14.8 Å². The van der Waals surface area contributed by atoms with E-state index >= 15 is 0 Å². The van der Waals surface area contributed by atoms with Crippen molar-refractivity contribution < 1.29 is 19.1 Å². The second-order valence-electron chi connectivity index (χ2n) is 8.97. The second kappa shape index (κ2) is 13.8. The molecule has 0 radical (unpaired) electrons. The molecule has 9 heteroatoms. The highest BCUT2D eigenvalue weighted by molar-refractivity contribution is 6.42. The van der Waals surface area contributed by atoms with E-state index in [0.29, 0.717) is 40.9 Å². The SMILES string of the molecule is CCOc1cc(C=NNC(=O)C(NC(=O)c2ccc(Cl)c(Cl)c2)C(C)C)ccc1OCc1ccc(C)cc1. The number of halogens is 2. The van der Waals surface area contributed by atoms with E-state index < -0.39 is 17.9 Å². The van der Waals surface area contributed by atoms with E-state index in [1.807, 2.05) is 58.0 Å². The minimum absolute atomic E-state index is 0.188. The third-order valence-electron chi connectivity index (χ3n) is 5.59. The average molecular weight is 556 g/mol. The Hall–Kier alpha value is -3.55. The molecule has 2 N–H and O–H groups in total. The van der Waals surface area contributed by atoms with E-state index in [9.17, 15) is 9.59 Å². The van der Waals surface area contributed by atoms with Crippen LogP contribution in [-0.2, 0) is 11.4 Å². The molecule has 0 aromatic heterocycles. The van der Waals surface area contributed by atoms with Crippen molar-refractivity contribution in [3.05, 3.63) is 93.0 Å². The molecular weight excluding hydrogens is 525 g/mol. The van der Waals surface area contributed by atoms with Gasteiger partial charge in [-0.1, -0.05) is 66.9 Å². The lowest BCUT2D eigenvalue weighted by Crippen LogP contribution is -2.48. The summed E-state index contributed by atoms with van der Waals surface area (Å²) in [6, 6.07) is 17.2. The van der Waals surface area contributed by atoms with Gasteiger partial charge >= 0.3 is 0 Å². The lowest BCUT2D eigenvalue weighted by atomic mass is 10.0. The number of benzene rings is 3. The molecule has 38 heavy (non-hydrogen) atoms. The predicted octanol–water partition coefficient (Wildman–Crippen LogP) is 6.18. The zero-order valence-electron chi connectivity index (χ0n) is 21.8. The van der Waals surface area contributed by atoms with Gasteiger partial charge in [0, 0.05) is 5.56 Å². The number of ether oxygens (including phenoxy) is 2. The molecule has 0 aliphatic rings. The van der Waals surface area contributed by atoms with Crippen molar-refractivity contribution in [2.45, 2.75) is 40.3 Å². The monoisotopic (exact) mass is 555 g/mol. The summed E-state index contributed by atoms with van der Waals surface area (Å²) >= 11 is 11.9. The summed E-state index contributed by atoms with van der Waals surface area (Å²) in [6.07, 6.45) is 1.50. The van der Waals surface area contributed by atoms with Gasteiger partial charge in [-0.2, -0.15) is 5.10 Å². The van der Waals surface area contributed by atoms with Gasteiger partial charge in [0.15, 0.2) is 11.5 Å². The molecule has 0 bridgehead atoms. The summed E-state index contributed by atoms with van der Waals surface area (Å²) in [5.41, 5.74) is 5.75. The number of rotatable bonds is 11. The number of hydrogen-bond donors (Lipinski definition) is 2. The fourth-order valence-electron chi connectivity index (χ4n) is 3.47. The van der Waals surface area contributed by atoms with Crippen LogP contribution in [0.4, 0.5) is 0 Å². The number of carbonyl (C=O) groups is 2. The lowest BCUT2D eigenvalue weighted by molar-refractivity contribution is -0.123. The molecule has 200 valence electrons. The number of nitrogens with zero attached hydrogens (tertiary/aromatic N) is 1. The predicted molar refractivity (Wildman–Crippen MR) is 151 cm³/mol. The van der Waals surface area contributed by atoms with E-state index in [2.05, 4.69) is 15.8 Å². The van der Waals surface area contributed by atoms with Crippen LogP contribution in [0.3, 0.4) is 0 Å². The van der Waals surface area contributed by atoms with Crippen molar-refractivity contribution in [1.82, 2.24) is 10.7 Å². The Bertz CT molecular complexity index is 1290. The van der Waals surface area contributed by atoms with Gasteiger partial charge in [0.05, 0.1) is 22.9 Å². The largest absolute Gasteiger partial charge is 0.490 e. The molecule has 0 saturated heterocycles. The van der Waals surface area contributed by atoms with Crippen molar-refractivity contribution in [3.8, 4) is 11.5 Å². The molecule has 3 aromatic rings. The summed E-state index contributed by atoms with van der Waals surface area (Å²) < 4.78 is 11.7. The molecule has 0 aliphatic heterocycles. The molecule has 2 amide bonds. The van der Waals surface area contributed by atoms with Crippen LogP contribution in [0.15, 0.2) is 65.8 Å². The van der Waals surface area contributed by atoms with E-state index in [4.69, 9.17) is 32.7 Å². The maximum absolute atomic E-state index is 12.8. The fourth-order valence-corrected chi connectivity index (χ4v) is 3.77. The quantitative estimate of drug-likeness (QED) is 0.218. The van der Waals surface area contributed by atoms with Crippen LogP contribution >= 0.6 is 23.2 Å². The Kier molecular flexibility index (Phi) is 10.6. The molecule has 0 saturated carbocycles. The Labute approximate surface area is 233 Å². The van der Waals surface area contributed by atoms with Crippen molar-refractivity contribution in [1.29, 1.82) is 0 Å². The van der Waals surface area contributed by atoms with Crippen molar-refractivity contribution in [2.75, 3.05) is 6.61 Å². The van der Waals surface area contributed by atoms with Crippen LogP contribution in [0.5, 0.6) is 11.5 Å². The second-order valence-corrected chi connectivity index (χ2v) is 9.79. The number of nitrogens with one attached hydrogen (secondary N) is 2. The van der Waals surface area contributed by atoms with Gasteiger partial charge in [-0.05, 0) is 67.3 Å². The van der Waals surface area contributed by atoms with E-state index in [1.54, 1.807) is 18.2 Å². The third-order valence-corrected chi connectivity index (χ3v) is 6.33. The summed E-state index contributed by atoms with van der Waals surface area (Å²) in [4.78, 5) is 25.5. The number of carbonyl (C=O) groups excluding carboxylic acids is 2. The number of aryl methyl sites for hydroxylation is 1. The fraction of sp³-hybridized carbons (Fsp3) is 0.276. The van der Waals surface area contributed by atoms with Gasteiger partial charge in [-0.15, -0.1) is 0 Å². The highest BCUT2D eigenvalue weighted by Gasteiger charge is 2.24. The number of hydrazone groups is 1. The molecule has 3 rings (SSSR count). The van der Waals surface area contributed by atoms with Crippen LogP contribution in [-0.4, -0.2) is 30.7 Å². The minimum Gasteiger partial charge on any atom is -0.490 e. The first-order valence-corrected chi connectivity index (χ1v) is 13.0. The van der Waals surface area contributed by atoms with Crippen LogP contribution in [0, 0.1) is 12.8 Å². The van der Waals surface area contributed by atoms with Crippen LogP contribution in [0.1, 0.15) is 47.8 Å². The molecule has 1 unspecified atom stereocenters. The van der Waals surface area contributed by atoms with Crippen LogP contribution in [0.2, 0.25) is 10.0 Å².